The van der Waals surface area contributed by atoms with Crippen LogP contribution in [0, 0.1) is 4.78 Å². The van der Waals surface area contributed by atoms with Crippen LogP contribution >= 0.6 is 15.9 Å². The summed E-state index contributed by atoms with van der Waals surface area (Å²) in [6.07, 6.45) is 12.3. The number of nitrogens with one attached hydrogen (secondary N) is 2. The number of methoxy groups -OCH3 is 3. The van der Waals surface area contributed by atoms with Crippen molar-refractivity contribution in [2.24, 2.45) is 5.73 Å². The number of halogens is 1. The van der Waals surface area contributed by atoms with Crippen LogP contribution in [0.15, 0.2) is 36.5 Å². The van der Waals surface area contributed by atoms with Gasteiger partial charge in [-0.1, -0.05) is 56.5 Å². The predicted octanol–water partition coefficient (Wildman–Crippen LogP) is -4.82. The van der Waals surface area contributed by atoms with Gasteiger partial charge in [0.2, 0.25) is 0 Å². The molecule has 36 heteroatoms. The van der Waals surface area contributed by atoms with Crippen molar-refractivity contribution in [3.63, 3.8) is 0 Å². The third kappa shape index (κ3) is 60.8. The minimum absolute atomic E-state index is 0. The fourth-order valence-electron chi connectivity index (χ4n) is 5.49. The second-order valence-corrected chi connectivity index (χ2v) is 18.1. The van der Waals surface area contributed by atoms with Crippen molar-refractivity contribution in [1.82, 2.24) is 39.8 Å². The summed E-state index contributed by atoms with van der Waals surface area (Å²) < 4.78 is 18.4. The maximum Gasteiger partial charge on any atom is 1.00 e. The molecule has 0 atom stereocenters. The molecule has 1 fully saturated rings. The molecule has 4 rings (SSSR count). The average Bonchev–Trinajstić information content (AvgIpc) is 4.31. The molecule has 6 amide bonds. The SMILES string of the molecule is CCCC.CCCN(C)CC(=O)OC.CCCNCC(=O)OC.CN(CCN)CC(=O)O.CN(CCN1C(=O)C=CC1=O)CC(=O)O.CN(CCN1C(=O)C=CC1=O)CC(=O)ON1C(=O)CCC1=O.COC(=O)CBr.N=S.O=C1C=CC(=O)C1.O=CO[O-].[K+]. The number of amides is 6. The zero-order chi connectivity index (χ0) is 69.2. The number of allylic oxidation sites excluding steroid dienone is 2. The van der Waals surface area contributed by atoms with Crippen molar-refractivity contribution >= 4 is 118 Å². The minimum atomic E-state index is -0.935. The Kier molecular flexibility index (Phi) is 70.8. The number of alkyl halides is 1. The number of unbranched alkanes of at least 4 members (excludes halogenated alkanes) is 1. The second-order valence-electron chi connectivity index (χ2n) is 17.6. The van der Waals surface area contributed by atoms with Gasteiger partial charge in [-0.05, 0) is 66.3 Å². The fraction of sp³-hybridized carbons (Fsp3) is 0.604. The number of carboxylic acids is 2. The summed E-state index contributed by atoms with van der Waals surface area (Å²) in [5, 5.41) is 28.8. The number of nitrogens with two attached hydrogens (primary N) is 1. The van der Waals surface area contributed by atoms with E-state index in [1.165, 1.54) is 80.4 Å². The van der Waals surface area contributed by atoms with E-state index in [0.717, 1.165) is 35.7 Å². The maximum atomic E-state index is 11.7. The average molecular weight is 1380 g/mol. The number of carbonyl (C=O) groups excluding carboxylic acids is 13. The van der Waals surface area contributed by atoms with Gasteiger partial charge in [0.05, 0.1) is 60.5 Å². The Morgan fingerprint density at radius 3 is 1.25 bits per heavy atom. The summed E-state index contributed by atoms with van der Waals surface area (Å²) >= 11 is 6.23. The standard InChI is InChI=1S/C13H15N3O6.C9H12N2O4.C7H15NO2.C6H13NO2.C5H12N2O2.C5H4O2.C4H10.C3H5BrO2.CH2O3.K.HNS/c1-14(6-7-15-9(17)2-3-10(15)18)8-13(21)22-16-11(19)4-5-12(16)20;1-10(6-9(14)15)4-5-11-7(12)2-3-8(11)13;1-4-5-8(2)6-7(9)10-3;1-3-4-7-5-6(8)9-2;1-7(3-2-6)4-5(8)9;6-4-1-2-5(7)3-4;1-3-4-2;1-6-3(5)2-4;2-1-4-3;;1-2/h2-3H,4-8H2,1H3;2-3H,4-6H2,1H3,(H,14,15);4-6H2,1-3H3;7H,3-5H2,1-2H3;2-4,6H2,1H3,(H,8,9);1-2H,3H2;3-4H2,1-2H3;2H2,1H3;1,3H;;1H/q;;;;;;;;;+1;/p-1. The number of hydroxylamine groups is 2. The topological polar surface area (TPSA) is 450 Å². The number of esters is 3. The number of carbonyl (C=O) groups is 15. The molecular formula is C53H88BrKN10O23S. The van der Waals surface area contributed by atoms with Crippen molar-refractivity contribution in [2.75, 3.05) is 140 Å². The Balaban J connectivity index is -0.000000178. The smallest absolute Gasteiger partial charge is 0.662 e. The number of carboxylic acid groups (broad SMARTS) is 2. The Morgan fingerprint density at radius 2 is 0.966 bits per heavy atom. The van der Waals surface area contributed by atoms with E-state index in [1.807, 2.05) is 18.9 Å². The molecule has 0 aromatic heterocycles. The summed E-state index contributed by atoms with van der Waals surface area (Å²) in [4.78, 5) is 175. The number of hydrogen-bond donors (Lipinski definition) is 5. The number of imide groups is 3. The number of rotatable bonds is 26. The summed E-state index contributed by atoms with van der Waals surface area (Å²) in [5.74, 6) is -5.84. The molecule has 4 aliphatic rings. The van der Waals surface area contributed by atoms with Gasteiger partial charge < -0.3 is 50.5 Å². The first kappa shape index (κ1) is 96.7. The summed E-state index contributed by atoms with van der Waals surface area (Å²) in [6.45, 7) is 12.7. The van der Waals surface area contributed by atoms with Crippen LogP contribution in [0.3, 0.4) is 0 Å². The van der Waals surface area contributed by atoms with Gasteiger partial charge >= 0.3 is 87.2 Å². The van der Waals surface area contributed by atoms with Gasteiger partial charge in [0.25, 0.3) is 41.9 Å². The van der Waals surface area contributed by atoms with Crippen LogP contribution in [0.1, 0.15) is 72.6 Å². The van der Waals surface area contributed by atoms with Gasteiger partial charge in [0.15, 0.2) is 11.6 Å². The van der Waals surface area contributed by atoms with Crippen LogP contribution in [0.4, 0.5) is 0 Å². The molecule has 0 radical (unpaired) electrons. The van der Waals surface area contributed by atoms with E-state index in [1.54, 1.807) is 26.0 Å². The van der Waals surface area contributed by atoms with Crippen molar-refractivity contribution in [2.45, 2.75) is 72.6 Å². The largest absolute Gasteiger partial charge is 1.00 e. The van der Waals surface area contributed by atoms with Crippen molar-refractivity contribution < 1.29 is 163 Å². The molecule has 1 saturated heterocycles. The molecule has 0 aromatic carbocycles. The van der Waals surface area contributed by atoms with E-state index < -0.39 is 41.5 Å². The maximum absolute atomic E-state index is 11.7. The van der Waals surface area contributed by atoms with Crippen molar-refractivity contribution in [3.8, 4) is 0 Å². The number of ketones is 2. The van der Waals surface area contributed by atoms with E-state index in [0.29, 0.717) is 37.8 Å². The molecule has 3 heterocycles. The van der Waals surface area contributed by atoms with Crippen LogP contribution in [-0.4, -0.2) is 274 Å². The summed E-state index contributed by atoms with van der Waals surface area (Å²) in [6, 6.07) is 0. The molecule has 33 nitrogen and oxygen atoms in total. The summed E-state index contributed by atoms with van der Waals surface area (Å²) in [7, 11) is 11.0. The predicted molar refractivity (Wildman–Crippen MR) is 318 cm³/mol. The third-order valence-electron chi connectivity index (χ3n) is 9.97. The van der Waals surface area contributed by atoms with E-state index in [9.17, 15) is 67.1 Å². The third-order valence-corrected chi connectivity index (χ3v) is 10.4. The molecule has 89 heavy (non-hydrogen) atoms. The van der Waals surface area contributed by atoms with Gasteiger partial charge in [-0.2, -0.15) is 0 Å². The van der Waals surface area contributed by atoms with Crippen molar-refractivity contribution in [3.05, 3.63) is 36.5 Å². The van der Waals surface area contributed by atoms with Crippen LogP contribution in [0.2, 0.25) is 0 Å². The first-order valence-electron chi connectivity index (χ1n) is 26.6. The van der Waals surface area contributed by atoms with Crippen LogP contribution < -0.4 is 67.7 Å². The Morgan fingerprint density at radius 1 is 0.607 bits per heavy atom. The summed E-state index contributed by atoms with van der Waals surface area (Å²) in [5.41, 5.74) is 5.17. The van der Waals surface area contributed by atoms with Gasteiger partial charge in [-0.25, -0.2) is 9.57 Å². The van der Waals surface area contributed by atoms with E-state index in [2.05, 4.69) is 73.5 Å². The molecule has 0 spiro atoms. The molecule has 502 valence electrons. The van der Waals surface area contributed by atoms with Gasteiger partial charge in [-0.3, -0.25) is 96.5 Å². The van der Waals surface area contributed by atoms with E-state index >= 15 is 0 Å². The molecule has 0 unspecified atom stereocenters. The van der Waals surface area contributed by atoms with Gasteiger partial charge in [0, 0.05) is 88.8 Å². The zero-order valence-electron chi connectivity index (χ0n) is 52.9. The van der Waals surface area contributed by atoms with Crippen LogP contribution in [0.5, 0.6) is 0 Å². The molecule has 1 aliphatic carbocycles. The molecule has 0 saturated carbocycles. The van der Waals surface area contributed by atoms with Crippen LogP contribution in [0.25, 0.3) is 0 Å². The Labute approximate surface area is 575 Å². The first-order chi connectivity index (χ1) is 41.5. The van der Waals surface area contributed by atoms with E-state index in [-0.39, 0.29) is 163 Å². The number of hydrogen-bond acceptors (Lipinski definition) is 29. The molecule has 0 bridgehead atoms. The van der Waals surface area contributed by atoms with Crippen LogP contribution in [-0.2, 0) is 108 Å². The zero-order valence-corrected chi connectivity index (χ0v) is 58.4. The first-order valence-corrected chi connectivity index (χ1v) is 28.2. The number of likely N-dealkylation sites (N-methyl/N-ethyl adjacent to an activating group) is 4. The molecule has 0 aromatic rings. The molecule has 6 N–H and O–H groups in total. The Bertz CT molecular complexity index is 2180. The normalized spacial score (nSPS) is 12.8. The number of aliphatic carboxylic acids is 2. The quantitative estimate of drug-likeness (QED) is 0.00518. The molecule has 3 aliphatic heterocycles. The second kappa shape index (κ2) is 65.1. The number of nitrogens with zero attached hydrogens (tertiary/aromatic N) is 7. The Hall–Kier alpha value is -5.87. The molecular weight excluding hydrogens is 1300 g/mol. The van der Waals surface area contributed by atoms with Gasteiger partial charge in [-0.15, -0.1) is 5.06 Å². The van der Waals surface area contributed by atoms with Crippen molar-refractivity contribution in [1.29, 1.82) is 4.78 Å². The fourth-order valence-corrected chi connectivity index (χ4v) is 5.72. The number of ether oxygens (including phenoxy) is 3. The monoisotopic (exact) mass is 1380 g/mol. The van der Waals surface area contributed by atoms with Gasteiger partial charge in [0.1, 0.15) is 5.33 Å². The minimum Gasteiger partial charge on any atom is -0.662 e. The van der Waals surface area contributed by atoms with E-state index in [4.69, 9.17) is 35.6 Å².